The lowest BCUT2D eigenvalue weighted by Gasteiger charge is -2.40. The van der Waals surface area contributed by atoms with Gasteiger partial charge in [-0.05, 0) is 49.8 Å². The highest BCUT2D eigenvalue weighted by atomic mass is 127. The number of nitrogens with one attached hydrogen (secondary N) is 2. The molecule has 7 heteroatoms. The summed E-state index contributed by atoms with van der Waals surface area (Å²) in [6.45, 7) is 14.6. The number of benzene rings is 1. The number of halogens is 1. The molecule has 2 unspecified atom stereocenters. The van der Waals surface area contributed by atoms with E-state index < -0.39 is 0 Å². The average molecular weight is 533 g/mol. The first-order chi connectivity index (χ1) is 13.9. The summed E-state index contributed by atoms with van der Waals surface area (Å²) in [5.74, 6) is 2.82. The summed E-state index contributed by atoms with van der Waals surface area (Å²) < 4.78 is 17.1. The minimum Gasteiger partial charge on any atom is -0.493 e. The van der Waals surface area contributed by atoms with Gasteiger partial charge in [0.1, 0.15) is 0 Å². The van der Waals surface area contributed by atoms with Gasteiger partial charge in [0, 0.05) is 25.6 Å². The van der Waals surface area contributed by atoms with Gasteiger partial charge in [-0.3, -0.25) is 0 Å². The molecule has 1 saturated heterocycles. The van der Waals surface area contributed by atoms with Crippen LogP contribution in [0.3, 0.4) is 0 Å². The van der Waals surface area contributed by atoms with E-state index >= 15 is 0 Å². The molecule has 6 nitrogen and oxygen atoms in total. The topological polar surface area (TPSA) is 64.1 Å². The third-order valence-corrected chi connectivity index (χ3v) is 5.12. The minimum absolute atomic E-state index is 0. The Morgan fingerprint density at radius 1 is 1.20 bits per heavy atom. The van der Waals surface area contributed by atoms with Crippen LogP contribution in [0.4, 0.5) is 0 Å². The van der Waals surface area contributed by atoms with E-state index in [4.69, 9.17) is 19.2 Å². The van der Waals surface area contributed by atoms with Gasteiger partial charge in [0.15, 0.2) is 17.5 Å². The Morgan fingerprint density at radius 3 is 2.60 bits per heavy atom. The molecule has 0 spiro atoms. The zero-order chi connectivity index (χ0) is 21.3. The molecule has 2 atom stereocenters. The Hall–Kier alpha value is -1.22. The van der Waals surface area contributed by atoms with Crippen LogP contribution in [-0.2, 0) is 11.3 Å². The molecule has 1 fully saturated rings. The van der Waals surface area contributed by atoms with Gasteiger partial charge in [-0.2, -0.15) is 0 Å². The van der Waals surface area contributed by atoms with Crippen LogP contribution < -0.4 is 20.1 Å². The van der Waals surface area contributed by atoms with Crippen LogP contribution in [0.15, 0.2) is 23.2 Å². The van der Waals surface area contributed by atoms with E-state index in [0.29, 0.717) is 19.1 Å². The maximum Gasteiger partial charge on any atom is 0.191 e. The van der Waals surface area contributed by atoms with Crippen molar-refractivity contribution in [1.82, 2.24) is 10.6 Å². The predicted molar refractivity (Wildman–Crippen MR) is 134 cm³/mol. The zero-order valence-electron chi connectivity index (χ0n) is 19.4. The molecule has 1 heterocycles. The lowest BCUT2D eigenvalue weighted by molar-refractivity contribution is -0.0835. The Morgan fingerprint density at radius 2 is 1.97 bits per heavy atom. The summed E-state index contributed by atoms with van der Waals surface area (Å²) in [5.41, 5.74) is 1.22. The predicted octanol–water partition coefficient (Wildman–Crippen LogP) is 4.61. The maximum absolute atomic E-state index is 6.11. The molecule has 0 bridgehead atoms. The van der Waals surface area contributed by atoms with Crippen LogP contribution in [0.1, 0.15) is 53.0 Å². The molecule has 1 aromatic rings. The lowest BCUT2D eigenvalue weighted by Crippen LogP contribution is -2.47. The van der Waals surface area contributed by atoms with Gasteiger partial charge in [0.25, 0.3) is 0 Å². The monoisotopic (exact) mass is 533 g/mol. The molecular weight excluding hydrogens is 493 g/mol. The summed E-state index contributed by atoms with van der Waals surface area (Å²) >= 11 is 0. The highest BCUT2D eigenvalue weighted by molar-refractivity contribution is 14.0. The molecule has 1 aliphatic rings. The minimum atomic E-state index is 0. The van der Waals surface area contributed by atoms with Crippen molar-refractivity contribution in [3.05, 3.63) is 23.8 Å². The fourth-order valence-corrected chi connectivity index (χ4v) is 3.84. The Labute approximate surface area is 199 Å². The van der Waals surface area contributed by atoms with Gasteiger partial charge < -0.3 is 24.8 Å². The molecule has 172 valence electrons. The molecule has 0 radical (unpaired) electrons. The van der Waals surface area contributed by atoms with Gasteiger partial charge in [-0.25, -0.2) is 4.99 Å². The third kappa shape index (κ3) is 8.13. The van der Waals surface area contributed by atoms with Crippen LogP contribution in [0.5, 0.6) is 11.5 Å². The van der Waals surface area contributed by atoms with Crippen molar-refractivity contribution in [2.45, 2.75) is 60.1 Å². The summed E-state index contributed by atoms with van der Waals surface area (Å²) in [6, 6.07) is 5.96. The largest absolute Gasteiger partial charge is 0.493 e. The number of guanidine groups is 1. The van der Waals surface area contributed by atoms with Gasteiger partial charge in [0.05, 0.1) is 26.4 Å². The molecule has 0 amide bonds. The van der Waals surface area contributed by atoms with E-state index in [-0.39, 0.29) is 35.5 Å². The first-order valence-electron chi connectivity index (χ1n) is 10.8. The summed E-state index contributed by atoms with van der Waals surface area (Å²) in [5, 5.41) is 6.88. The zero-order valence-corrected chi connectivity index (χ0v) is 21.7. The fraction of sp³-hybridized carbons (Fsp3) is 0.696. The Balaban J connectivity index is 0.00000450. The van der Waals surface area contributed by atoms with E-state index in [1.54, 1.807) is 7.11 Å². The third-order valence-electron chi connectivity index (χ3n) is 5.12. The van der Waals surface area contributed by atoms with E-state index in [0.717, 1.165) is 49.1 Å². The SMILES string of the molecule is CCNC(=NCc1ccc(OC)c(OCC)c1)NCC1CCCOC1C(C)(C)C.I. The van der Waals surface area contributed by atoms with Gasteiger partial charge in [0.2, 0.25) is 0 Å². The van der Waals surface area contributed by atoms with Crippen molar-refractivity contribution < 1.29 is 14.2 Å². The molecule has 1 aliphatic heterocycles. The number of hydrogen-bond donors (Lipinski definition) is 2. The van der Waals surface area contributed by atoms with E-state index in [2.05, 4.69) is 38.3 Å². The second kappa shape index (κ2) is 13.2. The molecule has 2 N–H and O–H groups in total. The van der Waals surface area contributed by atoms with Crippen LogP contribution in [-0.4, -0.2) is 45.5 Å². The number of rotatable bonds is 8. The molecular formula is C23H40IN3O3. The molecule has 0 saturated carbocycles. The summed E-state index contributed by atoms with van der Waals surface area (Å²) in [6.07, 6.45) is 2.57. The molecule has 2 rings (SSSR count). The summed E-state index contributed by atoms with van der Waals surface area (Å²) in [7, 11) is 1.66. The smallest absolute Gasteiger partial charge is 0.191 e. The van der Waals surface area contributed by atoms with Crippen molar-refractivity contribution in [2.24, 2.45) is 16.3 Å². The highest BCUT2D eigenvalue weighted by Crippen LogP contribution is 2.33. The Bertz CT molecular complexity index is 662. The van der Waals surface area contributed by atoms with Crippen molar-refractivity contribution in [3.63, 3.8) is 0 Å². The number of aliphatic imine (C=N–C) groups is 1. The Kier molecular flexibility index (Phi) is 11.8. The van der Waals surface area contributed by atoms with E-state index in [9.17, 15) is 0 Å². The lowest BCUT2D eigenvalue weighted by atomic mass is 9.78. The quantitative estimate of drug-likeness (QED) is 0.291. The van der Waals surface area contributed by atoms with Gasteiger partial charge >= 0.3 is 0 Å². The maximum atomic E-state index is 6.11. The van der Waals surface area contributed by atoms with Crippen LogP contribution in [0.25, 0.3) is 0 Å². The second-order valence-corrected chi connectivity index (χ2v) is 8.55. The van der Waals surface area contributed by atoms with Gasteiger partial charge in [-0.15, -0.1) is 24.0 Å². The standard InChI is InChI=1S/C23H39N3O3.HI/c1-7-24-22(26-16-18-10-9-13-29-21(18)23(3,4)5)25-15-17-11-12-19(27-6)20(14-17)28-8-2;/h11-12,14,18,21H,7-10,13,15-16H2,1-6H3,(H2,24,25,26);1H. The number of hydrogen-bond acceptors (Lipinski definition) is 4. The van der Waals surface area contributed by atoms with Crippen LogP contribution in [0.2, 0.25) is 0 Å². The number of methoxy groups -OCH3 is 1. The first kappa shape index (κ1) is 26.8. The van der Waals surface area contributed by atoms with Crippen molar-refractivity contribution >= 4 is 29.9 Å². The number of nitrogens with zero attached hydrogens (tertiary/aromatic N) is 1. The van der Waals surface area contributed by atoms with E-state index in [1.807, 2.05) is 25.1 Å². The van der Waals surface area contributed by atoms with Gasteiger partial charge in [-0.1, -0.05) is 26.8 Å². The first-order valence-corrected chi connectivity index (χ1v) is 10.8. The molecule has 0 aliphatic carbocycles. The van der Waals surface area contributed by atoms with Crippen LogP contribution >= 0.6 is 24.0 Å². The van der Waals surface area contributed by atoms with Crippen molar-refractivity contribution in [1.29, 1.82) is 0 Å². The second-order valence-electron chi connectivity index (χ2n) is 8.55. The summed E-state index contributed by atoms with van der Waals surface area (Å²) in [4.78, 5) is 4.77. The van der Waals surface area contributed by atoms with Crippen molar-refractivity contribution in [2.75, 3.05) is 33.4 Å². The number of ether oxygens (including phenoxy) is 3. The van der Waals surface area contributed by atoms with Crippen molar-refractivity contribution in [3.8, 4) is 11.5 Å². The van der Waals surface area contributed by atoms with E-state index in [1.165, 1.54) is 6.42 Å². The molecule has 30 heavy (non-hydrogen) atoms. The highest BCUT2D eigenvalue weighted by Gasteiger charge is 2.35. The molecule has 0 aromatic heterocycles. The van der Waals surface area contributed by atoms with Crippen LogP contribution in [0, 0.1) is 11.3 Å². The molecule has 1 aromatic carbocycles. The average Bonchev–Trinajstić information content (AvgIpc) is 2.70. The normalized spacial score (nSPS) is 19.6. The fourth-order valence-electron chi connectivity index (χ4n) is 3.84.